The summed E-state index contributed by atoms with van der Waals surface area (Å²) in [6.45, 7) is 0.730. The number of carbonyl (C=O) groups is 2. The van der Waals surface area contributed by atoms with E-state index in [2.05, 4.69) is 0 Å². The fourth-order valence-electron chi connectivity index (χ4n) is 3.48. The molecule has 4 nitrogen and oxygen atoms in total. The molecule has 0 aromatic heterocycles. The highest BCUT2D eigenvalue weighted by molar-refractivity contribution is 5.95. The average molecular weight is 273 g/mol. The summed E-state index contributed by atoms with van der Waals surface area (Å²) in [4.78, 5) is 26.4. The van der Waals surface area contributed by atoms with Gasteiger partial charge in [0, 0.05) is 30.5 Å². The lowest BCUT2D eigenvalue weighted by molar-refractivity contribution is -0.121. The molecule has 0 radical (unpaired) electrons. The normalized spacial score (nSPS) is 26.2. The van der Waals surface area contributed by atoms with Gasteiger partial charge in [0.15, 0.2) is 0 Å². The van der Waals surface area contributed by atoms with Gasteiger partial charge in [-0.1, -0.05) is 0 Å². The summed E-state index contributed by atoms with van der Waals surface area (Å²) in [6.07, 6.45) is 4.45. The van der Waals surface area contributed by atoms with Crippen molar-refractivity contribution < 1.29 is 14.7 Å². The number of carbonyl (C=O) groups excluding carboxylic acids is 2. The molecule has 1 heterocycles. The summed E-state index contributed by atoms with van der Waals surface area (Å²) in [5.74, 6) is 0.497. The van der Waals surface area contributed by atoms with Crippen LogP contribution in [0.25, 0.3) is 0 Å². The Kier molecular flexibility index (Phi) is 3.47. The molecule has 2 fully saturated rings. The van der Waals surface area contributed by atoms with Crippen LogP contribution in [0.1, 0.15) is 42.5 Å². The van der Waals surface area contributed by atoms with Crippen molar-refractivity contribution in [2.45, 2.75) is 38.1 Å². The molecule has 1 aliphatic carbocycles. The van der Waals surface area contributed by atoms with E-state index in [0.717, 1.165) is 32.2 Å². The Bertz CT molecular complexity index is 523. The first kappa shape index (κ1) is 13.2. The van der Waals surface area contributed by atoms with Crippen molar-refractivity contribution in [3.8, 4) is 5.75 Å². The lowest BCUT2D eigenvalue weighted by Gasteiger charge is -2.28. The van der Waals surface area contributed by atoms with Crippen LogP contribution < -0.4 is 0 Å². The molecule has 0 spiro atoms. The third-order valence-corrected chi connectivity index (χ3v) is 4.49. The van der Waals surface area contributed by atoms with Gasteiger partial charge in [-0.25, -0.2) is 0 Å². The first-order chi connectivity index (χ1) is 9.66. The van der Waals surface area contributed by atoms with Crippen LogP contribution in [0.3, 0.4) is 0 Å². The molecule has 0 bridgehead atoms. The molecule has 1 aliphatic heterocycles. The second kappa shape index (κ2) is 5.27. The van der Waals surface area contributed by atoms with E-state index in [1.165, 1.54) is 12.1 Å². The van der Waals surface area contributed by atoms with Crippen LogP contribution in [-0.2, 0) is 4.79 Å². The van der Waals surface area contributed by atoms with Gasteiger partial charge < -0.3 is 10.0 Å². The second-order valence-corrected chi connectivity index (χ2v) is 5.72. The second-order valence-electron chi connectivity index (χ2n) is 5.72. The number of Topliss-reactive ketones (excluding diaryl/α,β-unsaturated/α-hetero) is 1. The van der Waals surface area contributed by atoms with E-state index in [9.17, 15) is 14.7 Å². The number of rotatable bonds is 2. The maximum Gasteiger partial charge on any atom is 0.254 e. The molecule has 106 valence electrons. The van der Waals surface area contributed by atoms with Gasteiger partial charge in [-0.3, -0.25) is 9.59 Å². The summed E-state index contributed by atoms with van der Waals surface area (Å²) < 4.78 is 0. The number of benzene rings is 1. The Morgan fingerprint density at radius 2 is 1.90 bits per heavy atom. The lowest BCUT2D eigenvalue weighted by Crippen LogP contribution is -2.41. The molecular weight excluding hydrogens is 254 g/mol. The van der Waals surface area contributed by atoms with Crippen molar-refractivity contribution in [2.75, 3.05) is 6.54 Å². The van der Waals surface area contributed by atoms with E-state index in [1.807, 2.05) is 4.90 Å². The minimum Gasteiger partial charge on any atom is -0.508 e. The number of likely N-dealkylation sites (tertiary alicyclic amines) is 1. The molecule has 1 saturated carbocycles. The minimum atomic E-state index is -0.0211. The van der Waals surface area contributed by atoms with E-state index >= 15 is 0 Å². The van der Waals surface area contributed by atoms with Crippen LogP contribution in [0.15, 0.2) is 24.3 Å². The number of amides is 1. The topological polar surface area (TPSA) is 57.6 Å². The molecule has 2 unspecified atom stereocenters. The third-order valence-electron chi connectivity index (χ3n) is 4.49. The van der Waals surface area contributed by atoms with Crippen molar-refractivity contribution in [1.82, 2.24) is 4.90 Å². The minimum absolute atomic E-state index is 0.0211. The molecular formula is C16H19NO3. The number of ketones is 1. The zero-order valence-corrected chi connectivity index (χ0v) is 11.4. The van der Waals surface area contributed by atoms with E-state index in [4.69, 9.17) is 0 Å². The van der Waals surface area contributed by atoms with Crippen molar-refractivity contribution in [3.05, 3.63) is 29.8 Å². The first-order valence-electron chi connectivity index (χ1n) is 7.29. The SMILES string of the molecule is O=C1CCCC1C1CCCN1C(=O)c1ccc(O)cc1. The molecule has 3 rings (SSSR count). The predicted molar refractivity (Wildman–Crippen MR) is 74.5 cm³/mol. The molecule has 1 N–H and O–H groups in total. The lowest BCUT2D eigenvalue weighted by atomic mass is 9.94. The number of hydrogen-bond acceptors (Lipinski definition) is 3. The molecule has 4 heteroatoms. The zero-order chi connectivity index (χ0) is 14.1. The van der Waals surface area contributed by atoms with Crippen molar-refractivity contribution in [1.29, 1.82) is 0 Å². The standard InChI is InChI=1S/C16H19NO3/c18-12-8-6-11(7-9-12)16(20)17-10-2-4-14(17)13-3-1-5-15(13)19/h6-9,13-14,18H,1-5,10H2. The highest BCUT2D eigenvalue weighted by Gasteiger charge is 2.40. The first-order valence-corrected chi connectivity index (χ1v) is 7.29. The molecule has 20 heavy (non-hydrogen) atoms. The molecule has 1 aromatic rings. The van der Waals surface area contributed by atoms with Crippen LogP contribution in [0, 0.1) is 5.92 Å². The maximum atomic E-state index is 12.6. The number of nitrogens with zero attached hydrogens (tertiary/aromatic N) is 1. The Morgan fingerprint density at radius 3 is 2.55 bits per heavy atom. The van der Waals surface area contributed by atoms with Gasteiger partial charge in [0.2, 0.25) is 0 Å². The largest absolute Gasteiger partial charge is 0.508 e. The maximum absolute atomic E-state index is 12.6. The van der Waals surface area contributed by atoms with Crippen molar-refractivity contribution in [2.24, 2.45) is 5.92 Å². The van der Waals surface area contributed by atoms with E-state index in [0.29, 0.717) is 17.8 Å². The Morgan fingerprint density at radius 1 is 1.15 bits per heavy atom. The molecule has 2 atom stereocenters. The third kappa shape index (κ3) is 2.30. The smallest absolute Gasteiger partial charge is 0.254 e. The fourth-order valence-corrected chi connectivity index (χ4v) is 3.48. The van der Waals surface area contributed by atoms with Crippen molar-refractivity contribution >= 4 is 11.7 Å². The van der Waals surface area contributed by atoms with Gasteiger partial charge in [0.1, 0.15) is 11.5 Å². The van der Waals surface area contributed by atoms with Crippen LogP contribution in [0.4, 0.5) is 0 Å². The van der Waals surface area contributed by atoms with Gasteiger partial charge in [-0.05, 0) is 49.9 Å². The van der Waals surface area contributed by atoms with E-state index in [1.54, 1.807) is 12.1 Å². The van der Waals surface area contributed by atoms with Gasteiger partial charge in [0.05, 0.1) is 0 Å². The molecule has 2 aliphatic rings. The van der Waals surface area contributed by atoms with Gasteiger partial charge in [-0.15, -0.1) is 0 Å². The Labute approximate surface area is 118 Å². The van der Waals surface area contributed by atoms with E-state index in [-0.39, 0.29) is 23.6 Å². The highest BCUT2D eigenvalue weighted by Crippen LogP contribution is 2.34. The molecule has 1 saturated heterocycles. The number of hydrogen-bond donors (Lipinski definition) is 1. The zero-order valence-electron chi connectivity index (χ0n) is 11.4. The summed E-state index contributed by atoms with van der Waals surface area (Å²) in [7, 11) is 0. The highest BCUT2D eigenvalue weighted by atomic mass is 16.3. The van der Waals surface area contributed by atoms with Crippen LogP contribution in [0.5, 0.6) is 5.75 Å². The summed E-state index contributed by atoms with van der Waals surface area (Å²) >= 11 is 0. The van der Waals surface area contributed by atoms with Crippen LogP contribution in [-0.4, -0.2) is 34.3 Å². The number of phenolic OH excluding ortho intramolecular Hbond substituents is 1. The summed E-state index contributed by atoms with van der Waals surface area (Å²) in [6, 6.07) is 6.41. The monoisotopic (exact) mass is 273 g/mol. The van der Waals surface area contributed by atoms with Gasteiger partial charge in [-0.2, -0.15) is 0 Å². The Balaban J connectivity index is 1.79. The number of aromatic hydroxyl groups is 1. The Hall–Kier alpha value is -1.84. The van der Waals surface area contributed by atoms with Crippen LogP contribution >= 0.6 is 0 Å². The molecule has 1 aromatic carbocycles. The predicted octanol–water partition coefficient (Wildman–Crippen LogP) is 2.37. The average Bonchev–Trinajstić information content (AvgIpc) is 3.07. The van der Waals surface area contributed by atoms with Crippen LogP contribution in [0.2, 0.25) is 0 Å². The van der Waals surface area contributed by atoms with E-state index < -0.39 is 0 Å². The summed E-state index contributed by atoms with van der Waals surface area (Å²) in [5.41, 5.74) is 0.583. The van der Waals surface area contributed by atoms with Crippen molar-refractivity contribution in [3.63, 3.8) is 0 Å². The fraction of sp³-hybridized carbons (Fsp3) is 0.500. The number of phenols is 1. The summed E-state index contributed by atoms with van der Waals surface area (Å²) in [5, 5.41) is 9.29. The molecule has 1 amide bonds. The van der Waals surface area contributed by atoms with Gasteiger partial charge >= 0.3 is 0 Å². The van der Waals surface area contributed by atoms with Gasteiger partial charge in [0.25, 0.3) is 5.91 Å². The quantitative estimate of drug-likeness (QED) is 0.900.